The van der Waals surface area contributed by atoms with Crippen LogP contribution in [0.2, 0.25) is 0 Å². The van der Waals surface area contributed by atoms with E-state index in [0.29, 0.717) is 16.6 Å². The van der Waals surface area contributed by atoms with Crippen molar-refractivity contribution in [3.05, 3.63) is 56.1 Å². The van der Waals surface area contributed by atoms with Crippen LogP contribution in [0.3, 0.4) is 0 Å². The third kappa shape index (κ3) is 2.43. The summed E-state index contributed by atoms with van der Waals surface area (Å²) in [7, 11) is 1.68. The van der Waals surface area contributed by atoms with E-state index in [4.69, 9.17) is 0 Å². The van der Waals surface area contributed by atoms with Crippen molar-refractivity contribution in [1.29, 1.82) is 0 Å². The van der Waals surface area contributed by atoms with Gasteiger partial charge in [0.1, 0.15) is 0 Å². The molecule has 2 heterocycles. The van der Waals surface area contributed by atoms with Gasteiger partial charge in [0.25, 0.3) is 0 Å². The van der Waals surface area contributed by atoms with E-state index in [9.17, 15) is 14.5 Å². The molecule has 2 aromatic heterocycles. The van der Waals surface area contributed by atoms with Gasteiger partial charge in [0, 0.05) is 29.4 Å². The molecule has 0 spiro atoms. The molecule has 3 aromatic rings. The number of rotatable bonds is 3. The maximum absolute atomic E-state index is 13.7. The summed E-state index contributed by atoms with van der Waals surface area (Å²) in [5.41, 5.74) is 0.550. The van der Waals surface area contributed by atoms with Crippen LogP contribution in [-0.4, -0.2) is 14.7 Å². The molecule has 0 N–H and O–H groups in total. The molecule has 0 fully saturated rings. The van der Waals surface area contributed by atoms with Gasteiger partial charge in [-0.05, 0) is 23.6 Å². The van der Waals surface area contributed by atoms with Gasteiger partial charge in [-0.2, -0.15) is 9.49 Å². The van der Waals surface area contributed by atoms with Gasteiger partial charge in [0.05, 0.1) is 16.1 Å². The standard InChI is InChI=1S/C14H10FN3O2S/c1-17-13-8-11(15)14(18(19)20)7-10(13)12(16-17)5-4-9-3-2-6-21-9/h2-8H,1H3/b5-4+. The van der Waals surface area contributed by atoms with Gasteiger partial charge in [-0.3, -0.25) is 14.8 Å². The molecular weight excluding hydrogens is 293 g/mol. The summed E-state index contributed by atoms with van der Waals surface area (Å²) in [6, 6.07) is 6.25. The summed E-state index contributed by atoms with van der Waals surface area (Å²) in [6.45, 7) is 0. The van der Waals surface area contributed by atoms with Gasteiger partial charge in [-0.1, -0.05) is 6.07 Å². The molecule has 0 aliphatic heterocycles. The lowest BCUT2D eigenvalue weighted by Gasteiger charge is -1.96. The van der Waals surface area contributed by atoms with E-state index in [-0.39, 0.29) is 0 Å². The Morgan fingerprint density at radius 2 is 2.24 bits per heavy atom. The molecule has 0 amide bonds. The highest BCUT2D eigenvalue weighted by molar-refractivity contribution is 7.10. The lowest BCUT2D eigenvalue weighted by molar-refractivity contribution is -0.387. The molecule has 0 radical (unpaired) electrons. The molecule has 0 saturated carbocycles. The van der Waals surface area contributed by atoms with Crippen molar-refractivity contribution < 1.29 is 9.31 Å². The molecule has 106 valence electrons. The van der Waals surface area contributed by atoms with Crippen LogP contribution in [0.25, 0.3) is 23.1 Å². The Bertz CT molecular complexity index is 853. The highest BCUT2D eigenvalue weighted by Gasteiger charge is 2.18. The number of hydrogen-bond acceptors (Lipinski definition) is 4. The minimum Gasteiger partial charge on any atom is -0.267 e. The first-order valence-electron chi connectivity index (χ1n) is 6.08. The molecule has 0 saturated heterocycles. The number of halogens is 1. The van der Waals surface area contributed by atoms with Crippen LogP contribution in [0.4, 0.5) is 10.1 Å². The van der Waals surface area contributed by atoms with E-state index in [1.165, 1.54) is 10.7 Å². The molecule has 7 heteroatoms. The third-order valence-electron chi connectivity index (χ3n) is 3.09. The molecular formula is C14H10FN3O2S. The van der Waals surface area contributed by atoms with E-state index >= 15 is 0 Å². The van der Waals surface area contributed by atoms with Crippen molar-refractivity contribution in [3.63, 3.8) is 0 Å². The molecule has 5 nitrogen and oxygen atoms in total. The van der Waals surface area contributed by atoms with Gasteiger partial charge < -0.3 is 0 Å². The van der Waals surface area contributed by atoms with E-state index in [0.717, 1.165) is 10.9 Å². The van der Waals surface area contributed by atoms with Crippen molar-refractivity contribution in [3.8, 4) is 0 Å². The zero-order valence-electron chi connectivity index (χ0n) is 11.0. The lowest BCUT2D eigenvalue weighted by atomic mass is 10.1. The summed E-state index contributed by atoms with van der Waals surface area (Å²) >= 11 is 1.58. The SMILES string of the molecule is Cn1nc(/C=C/c2cccs2)c2cc([N+](=O)[O-])c(F)cc21. The predicted octanol–water partition coefficient (Wildman–Crippen LogP) is 3.85. The molecule has 0 aliphatic rings. The largest absolute Gasteiger partial charge is 0.305 e. The maximum Gasteiger partial charge on any atom is 0.305 e. The summed E-state index contributed by atoms with van der Waals surface area (Å²) in [5, 5.41) is 17.6. The number of aryl methyl sites for hydroxylation is 1. The fourth-order valence-corrected chi connectivity index (χ4v) is 2.72. The Kier molecular flexibility index (Phi) is 3.26. The molecule has 0 bridgehead atoms. The average Bonchev–Trinajstić information content (AvgIpc) is 3.04. The van der Waals surface area contributed by atoms with Crippen molar-refractivity contribution in [1.82, 2.24) is 9.78 Å². The Morgan fingerprint density at radius 1 is 1.43 bits per heavy atom. The first-order valence-corrected chi connectivity index (χ1v) is 6.96. The molecule has 0 unspecified atom stereocenters. The molecule has 3 rings (SSSR count). The van der Waals surface area contributed by atoms with Crippen molar-refractivity contribution in [2.24, 2.45) is 7.05 Å². The minimum atomic E-state index is -0.857. The number of nitrogens with zero attached hydrogens (tertiary/aromatic N) is 3. The van der Waals surface area contributed by atoms with E-state index in [2.05, 4.69) is 5.10 Å². The van der Waals surface area contributed by atoms with E-state index < -0.39 is 16.4 Å². The first kappa shape index (κ1) is 13.4. The quantitative estimate of drug-likeness (QED) is 0.545. The smallest absolute Gasteiger partial charge is 0.267 e. The minimum absolute atomic E-state index is 0.518. The number of thiophene rings is 1. The Morgan fingerprint density at radius 3 is 2.90 bits per heavy atom. The second kappa shape index (κ2) is 5.10. The van der Waals surface area contributed by atoms with Crippen LogP contribution in [0.15, 0.2) is 29.6 Å². The fourth-order valence-electron chi connectivity index (χ4n) is 2.10. The van der Waals surface area contributed by atoms with Crippen molar-refractivity contribution in [2.75, 3.05) is 0 Å². The van der Waals surface area contributed by atoms with E-state index in [1.807, 2.05) is 23.6 Å². The van der Waals surface area contributed by atoms with Crippen LogP contribution >= 0.6 is 11.3 Å². The number of nitro benzene ring substituents is 1. The summed E-state index contributed by atoms with van der Waals surface area (Å²) in [4.78, 5) is 11.2. The Labute approximate surface area is 123 Å². The highest BCUT2D eigenvalue weighted by Crippen LogP contribution is 2.28. The summed E-state index contributed by atoms with van der Waals surface area (Å²) in [6.07, 6.45) is 3.65. The van der Waals surface area contributed by atoms with Gasteiger partial charge in [-0.25, -0.2) is 0 Å². The molecule has 21 heavy (non-hydrogen) atoms. The monoisotopic (exact) mass is 303 g/mol. The maximum atomic E-state index is 13.7. The number of hydrogen-bond donors (Lipinski definition) is 0. The van der Waals surface area contributed by atoms with Gasteiger partial charge in [0.15, 0.2) is 0 Å². The third-order valence-corrected chi connectivity index (χ3v) is 3.93. The van der Waals surface area contributed by atoms with Crippen LogP contribution in [0, 0.1) is 15.9 Å². The fraction of sp³-hybridized carbons (Fsp3) is 0.0714. The van der Waals surface area contributed by atoms with Crippen molar-refractivity contribution >= 4 is 40.1 Å². The molecule has 0 atom stereocenters. The average molecular weight is 303 g/mol. The second-order valence-corrected chi connectivity index (χ2v) is 5.41. The lowest BCUT2D eigenvalue weighted by Crippen LogP contribution is -1.94. The Hall–Kier alpha value is -2.54. The van der Waals surface area contributed by atoms with Crippen molar-refractivity contribution in [2.45, 2.75) is 0 Å². The molecule has 0 aliphatic carbocycles. The zero-order valence-corrected chi connectivity index (χ0v) is 11.8. The van der Waals surface area contributed by atoms with Crippen LogP contribution in [-0.2, 0) is 7.05 Å². The number of fused-ring (bicyclic) bond motifs is 1. The molecule has 1 aromatic carbocycles. The first-order chi connectivity index (χ1) is 10.1. The van der Waals surface area contributed by atoms with Crippen LogP contribution < -0.4 is 0 Å². The highest BCUT2D eigenvalue weighted by atomic mass is 32.1. The summed E-state index contributed by atoms with van der Waals surface area (Å²) in [5.74, 6) is -0.857. The second-order valence-electron chi connectivity index (χ2n) is 4.44. The zero-order chi connectivity index (χ0) is 15.0. The van der Waals surface area contributed by atoms with Gasteiger partial charge >= 0.3 is 5.69 Å². The topological polar surface area (TPSA) is 61.0 Å². The van der Waals surface area contributed by atoms with Crippen LogP contribution in [0.5, 0.6) is 0 Å². The predicted molar refractivity (Wildman–Crippen MR) is 80.6 cm³/mol. The number of benzene rings is 1. The number of aromatic nitrogens is 2. The summed E-state index contributed by atoms with van der Waals surface area (Å²) < 4.78 is 15.2. The Balaban J connectivity index is 2.15. The van der Waals surface area contributed by atoms with Crippen LogP contribution in [0.1, 0.15) is 10.6 Å². The van der Waals surface area contributed by atoms with E-state index in [1.54, 1.807) is 24.5 Å². The van der Waals surface area contributed by atoms with Gasteiger partial charge in [0.2, 0.25) is 5.82 Å². The normalized spacial score (nSPS) is 11.5. The number of nitro groups is 1. The van der Waals surface area contributed by atoms with Gasteiger partial charge in [-0.15, -0.1) is 11.3 Å².